The van der Waals surface area contributed by atoms with E-state index in [-0.39, 0.29) is 10.8 Å². The summed E-state index contributed by atoms with van der Waals surface area (Å²) in [5.74, 6) is 0.563. The molecule has 3 atom stereocenters. The third-order valence-corrected chi connectivity index (χ3v) is 5.60. The lowest BCUT2D eigenvalue weighted by atomic mass is 9.70. The van der Waals surface area contributed by atoms with Crippen molar-refractivity contribution in [1.82, 2.24) is 9.97 Å². The van der Waals surface area contributed by atoms with E-state index in [4.69, 9.17) is 5.73 Å². The van der Waals surface area contributed by atoms with Crippen molar-refractivity contribution >= 4 is 5.97 Å². The number of aromatic nitrogens is 2. The molecule has 0 saturated heterocycles. The van der Waals surface area contributed by atoms with Gasteiger partial charge in [0.25, 0.3) is 0 Å². The second-order valence-electron chi connectivity index (χ2n) is 6.53. The molecule has 2 aliphatic carbocycles. The van der Waals surface area contributed by atoms with E-state index in [9.17, 15) is 4.79 Å². The fourth-order valence-corrected chi connectivity index (χ4v) is 3.89. The number of hydrogen-bond donors (Lipinski definition) is 2. The maximum absolute atomic E-state index is 11.5. The van der Waals surface area contributed by atoms with Gasteiger partial charge in [0.1, 0.15) is 5.82 Å². The molecule has 0 aromatic carbocycles. The van der Waals surface area contributed by atoms with Crippen LogP contribution in [0.2, 0.25) is 0 Å². The molecular formula is C14H21N3O2. The molecule has 1 aromatic heterocycles. The van der Waals surface area contributed by atoms with Crippen molar-refractivity contribution in [1.29, 1.82) is 0 Å². The zero-order chi connectivity index (χ0) is 14.0. The zero-order valence-corrected chi connectivity index (χ0v) is 11.9. The number of aromatic amines is 1. The summed E-state index contributed by atoms with van der Waals surface area (Å²) < 4.78 is 4.68. The molecule has 1 heterocycles. The van der Waals surface area contributed by atoms with Crippen LogP contribution in [0, 0.1) is 5.41 Å². The first-order chi connectivity index (χ1) is 8.83. The van der Waals surface area contributed by atoms with E-state index >= 15 is 0 Å². The van der Waals surface area contributed by atoms with Crippen molar-refractivity contribution in [3.63, 3.8) is 0 Å². The summed E-state index contributed by atoms with van der Waals surface area (Å²) in [6.45, 7) is 6.88. The normalized spacial score (nSPS) is 32.2. The number of fused-ring (bicyclic) bond motifs is 5. The summed E-state index contributed by atoms with van der Waals surface area (Å²) in [4.78, 5) is 19.4. The number of esters is 1. The topological polar surface area (TPSA) is 81.0 Å². The number of nitrogens with zero attached hydrogens (tertiary/aromatic N) is 1. The number of hydrogen-bond acceptors (Lipinski definition) is 4. The van der Waals surface area contributed by atoms with Crippen molar-refractivity contribution in [2.45, 2.75) is 51.0 Å². The largest absolute Gasteiger partial charge is 0.468 e. The van der Waals surface area contributed by atoms with Crippen LogP contribution in [0.1, 0.15) is 62.8 Å². The summed E-state index contributed by atoms with van der Waals surface area (Å²) in [7, 11) is 1.34. The minimum Gasteiger partial charge on any atom is -0.468 e. The van der Waals surface area contributed by atoms with Crippen molar-refractivity contribution < 1.29 is 9.53 Å². The molecule has 19 heavy (non-hydrogen) atoms. The second kappa shape index (κ2) is 3.60. The summed E-state index contributed by atoms with van der Waals surface area (Å²) in [6, 6.07) is -0.818. The molecule has 0 aliphatic heterocycles. The first-order valence-electron chi connectivity index (χ1n) is 6.76. The number of carbonyl (C=O) groups excluding carboxylic acids is 1. The highest BCUT2D eigenvalue weighted by Gasteiger charge is 2.61. The van der Waals surface area contributed by atoms with Crippen LogP contribution in [0.5, 0.6) is 0 Å². The van der Waals surface area contributed by atoms with Gasteiger partial charge >= 0.3 is 5.97 Å². The van der Waals surface area contributed by atoms with Crippen LogP contribution in [-0.4, -0.2) is 23.0 Å². The molecule has 2 bridgehead atoms. The Morgan fingerprint density at radius 1 is 1.53 bits per heavy atom. The monoisotopic (exact) mass is 263 g/mol. The first-order valence-corrected chi connectivity index (χ1v) is 6.76. The zero-order valence-electron chi connectivity index (χ0n) is 11.9. The minimum atomic E-state index is -0.818. The summed E-state index contributed by atoms with van der Waals surface area (Å²) >= 11 is 0. The van der Waals surface area contributed by atoms with Crippen LogP contribution in [0.4, 0.5) is 0 Å². The maximum atomic E-state index is 11.5. The van der Waals surface area contributed by atoms with E-state index in [2.05, 4.69) is 35.5 Å². The number of ether oxygens (including phenoxy) is 1. The van der Waals surface area contributed by atoms with Gasteiger partial charge in [0.15, 0.2) is 6.04 Å². The standard InChI is InChI=1S/C14H21N3O2/c1-13(2)7-5-6-14(13,3)10-9(7)16-11(17-10)8(15)12(18)19-4/h7-8H,5-6,15H2,1-4H3,(H,16,17). The molecule has 5 heteroatoms. The van der Waals surface area contributed by atoms with Crippen LogP contribution in [0.25, 0.3) is 0 Å². The third-order valence-electron chi connectivity index (χ3n) is 5.60. The number of imidazole rings is 1. The Kier molecular flexibility index (Phi) is 2.40. The second-order valence-corrected chi connectivity index (χ2v) is 6.53. The highest BCUT2D eigenvalue weighted by Crippen LogP contribution is 2.66. The molecule has 3 N–H and O–H groups in total. The van der Waals surface area contributed by atoms with Crippen molar-refractivity contribution in [3.8, 4) is 0 Å². The number of nitrogens with two attached hydrogens (primary N) is 1. The van der Waals surface area contributed by atoms with E-state index in [1.54, 1.807) is 0 Å². The molecule has 5 nitrogen and oxygen atoms in total. The molecule has 3 rings (SSSR count). The lowest BCUT2D eigenvalue weighted by Crippen LogP contribution is -2.32. The molecule has 1 fully saturated rings. The highest BCUT2D eigenvalue weighted by molar-refractivity contribution is 5.76. The van der Waals surface area contributed by atoms with Gasteiger partial charge in [-0.2, -0.15) is 0 Å². The molecule has 1 aromatic rings. The Balaban J connectivity index is 2.03. The fourth-order valence-electron chi connectivity index (χ4n) is 3.89. The van der Waals surface area contributed by atoms with Crippen molar-refractivity contribution in [3.05, 3.63) is 17.2 Å². The summed E-state index contributed by atoms with van der Waals surface area (Å²) in [5, 5.41) is 0. The van der Waals surface area contributed by atoms with Crippen LogP contribution in [0.15, 0.2) is 0 Å². The fraction of sp³-hybridized carbons (Fsp3) is 0.714. The number of rotatable bonds is 2. The predicted octanol–water partition coefficient (Wildman–Crippen LogP) is 1.76. The van der Waals surface area contributed by atoms with E-state index < -0.39 is 12.0 Å². The van der Waals surface area contributed by atoms with Crippen LogP contribution >= 0.6 is 0 Å². The smallest absolute Gasteiger partial charge is 0.330 e. The Hall–Kier alpha value is -1.36. The molecule has 0 radical (unpaired) electrons. The summed E-state index contributed by atoms with van der Waals surface area (Å²) in [6.07, 6.45) is 2.32. The molecule has 1 saturated carbocycles. The van der Waals surface area contributed by atoms with Gasteiger partial charge in [-0.15, -0.1) is 0 Å². The Bertz CT molecular complexity index is 549. The van der Waals surface area contributed by atoms with Crippen LogP contribution in [-0.2, 0) is 14.9 Å². The van der Waals surface area contributed by atoms with E-state index in [0.717, 1.165) is 12.1 Å². The van der Waals surface area contributed by atoms with Gasteiger partial charge in [0.05, 0.1) is 12.8 Å². The van der Waals surface area contributed by atoms with Crippen molar-refractivity contribution in [2.24, 2.45) is 11.1 Å². The average molecular weight is 263 g/mol. The average Bonchev–Trinajstić information content (AvgIpc) is 2.94. The lowest BCUT2D eigenvalue weighted by Gasteiger charge is -2.34. The van der Waals surface area contributed by atoms with Gasteiger partial charge in [0.2, 0.25) is 0 Å². The SMILES string of the molecule is COC(=O)C(N)c1nc2c([nH]1)C1CCC2(C)C1(C)C. The van der Waals surface area contributed by atoms with Crippen LogP contribution < -0.4 is 5.73 Å². The maximum Gasteiger partial charge on any atom is 0.330 e. The highest BCUT2D eigenvalue weighted by atomic mass is 16.5. The first kappa shape index (κ1) is 12.7. The number of carbonyl (C=O) groups is 1. The number of methoxy groups -OCH3 is 1. The van der Waals surface area contributed by atoms with E-state index in [0.29, 0.717) is 11.7 Å². The van der Waals surface area contributed by atoms with Gasteiger partial charge in [-0.1, -0.05) is 20.8 Å². The molecule has 2 aliphatic rings. The van der Waals surface area contributed by atoms with Gasteiger partial charge in [-0.25, -0.2) is 9.78 Å². The quantitative estimate of drug-likeness (QED) is 0.797. The number of H-pyrrole nitrogens is 1. The number of nitrogens with one attached hydrogen (secondary N) is 1. The molecular weight excluding hydrogens is 242 g/mol. The van der Waals surface area contributed by atoms with Crippen molar-refractivity contribution in [2.75, 3.05) is 7.11 Å². The molecule has 0 spiro atoms. The Morgan fingerprint density at radius 3 is 2.79 bits per heavy atom. The Labute approximate surface area is 112 Å². The minimum absolute atomic E-state index is 0.0809. The summed E-state index contributed by atoms with van der Waals surface area (Å²) in [5.41, 5.74) is 8.44. The van der Waals surface area contributed by atoms with Gasteiger partial charge in [-0.3, -0.25) is 0 Å². The van der Waals surface area contributed by atoms with E-state index in [1.807, 2.05) is 0 Å². The van der Waals surface area contributed by atoms with Gasteiger partial charge in [0, 0.05) is 17.0 Å². The predicted molar refractivity (Wildman–Crippen MR) is 70.6 cm³/mol. The molecule has 104 valence electrons. The third kappa shape index (κ3) is 1.34. The van der Waals surface area contributed by atoms with E-state index in [1.165, 1.54) is 19.2 Å². The lowest BCUT2D eigenvalue weighted by molar-refractivity contribution is -0.142. The Morgan fingerprint density at radius 2 is 2.21 bits per heavy atom. The van der Waals surface area contributed by atoms with Crippen LogP contribution in [0.3, 0.4) is 0 Å². The van der Waals surface area contributed by atoms with Gasteiger partial charge < -0.3 is 15.5 Å². The molecule has 0 amide bonds. The molecule has 3 unspecified atom stereocenters. The van der Waals surface area contributed by atoms with Gasteiger partial charge in [-0.05, 0) is 18.3 Å².